The van der Waals surface area contributed by atoms with Crippen molar-refractivity contribution in [2.45, 2.75) is 16.1 Å². The molecule has 0 aliphatic carbocycles. The van der Waals surface area contributed by atoms with Crippen molar-refractivity contribution in [3.05, 3.63) is 47.1 Å². The summed E-state index contributed by atoms with van der Waals surface area (Å²) >= 11 is 6.65. The number of halogens is 4. The van der Waals surface area contributed by atoms with Gasteiger partial charge in [0.05, 0.1) is 16.3 Å². The highest BCUT2D eigenvalue weighted by molar-refractivity contribution is 7.99. The van der Waals surface area contributed by atoms with Gasteiger partial charge in [-0.2, -0.15) is 13.2 Å². The molecular formula is C14H8ClF3N2O3S. The van der Waals surface area contributed by atoms with E-state index in [0.717, 1.165) is 17.8 Å². The van der Waals surface area contributed by atoms with E-state index in [0.29, 0.717) is 10.0 Å². The summed E-state index contributed by atoms with van der Waals surface area (Å²) < 4.78 is 37.3. The number of aromatic carboxylic acids is 1. The minimum Gasteiger partial charge on any atom is -0.478 e. The number of rotatable bonds is 4. The van der Waals surface area contributed by atoms with E-state index in [1.165, 1.54) is 30.5 Å². The van der Waals surface area contributed by atoms with Crippen molar-refractivity contribution in [3.63, 3.8) is 0 Å². The quantitative estimate of drug-likeness (QED) is 0.840. The number of benzene rings is 1. The van der Waals surface area contributed by atoms with Crippen LogP contribution < -0.4 is 5.32 Å². The van der Waals surface area contributed by atoms with Gasteiger partial charge in [0.25, 0.3) is 0 Å². The molecule has 0 atom stereocenters. The highest BCUT2D eigenvalue weighted by atomic mass is 35.5. The first kappa shape index (κ1) is 18.1. The molecule has 1 aromatic carbocycles. The zero-order valence-electron chi connectivity index (χ0n) is 11.6. The molecule has 2 rings (SSSR count). The Hall–Kier alpha value is -2.26. The molecule has 5 nitrogen and oxygen atoms in total. The van der Waals surface area contributed by atoms with Crippen molar-refractivity contribution >= 4 is 40.9 Å². The lowest BCUT2D eigenvalue weighted by Gasteiger charge is -2.13. The first-order chi connectivity index (χ1) is 11.2. The minimum atomic E-state index is -5.10. The number of carbonyl (C=O) groups excluding carboxylic acids is 1. The molecule has 0 saturated carbocycles. The first-order valence-corrected chi connectivity index (χ1v) is 7.41. The van der Waals surface area contributed by atoms with E-state index < -0.39 is 18.1 Å². The summed E-state index contributed by atoms with van der Waals surface area (Å²) in [5.41, 5.74) is -0.542. The Kier molecular flexibility index (Phi) is 5.35. The van der Waals surface area contributed by atoms with E-state index in [1.54, 1.807) is 5.32 Å². The molecule has 0 aliphatic rings. The van der Waals surface area contributed by atoms with Crippen molar-refractivity contribution in [1.29, 1.82) is 0 Å². The zero-order chi connectivity index (χ0) is 17.9. The molecular weight excluding hydrogens is 369 g/mol. The topological polar surface area (TPSA) is 79.3 Å². The van der Waals surface area contributed by atoms with Crippen LogP contribution in [0.15, 0.2) is 46.5 Å². The zero-order valence-corrected chi connectivity index (χ0v) is 13.2. The molecule has 24 heavy (non-hydrogen) atoms. The number of aromatic nitrogens is 1. The standard InChI is InChI=1S/C14H8ClF3N2O3S/c15-8-2-4-11(19-6-8)24-10-3-1-7(12(21)22)5-9(10)20-13(23)14(16,17)18/h1-6H,(H,20,23)(H,21,22). The van der Waals surface area contributed by atoms with Crippen LogP contribution in [0.2, 0.25) is 5.02 Å². The molecule has 0 unspecified atom stereocenters. The third-order valence-electron chi connectivity index (χ3n) is 2.65. The van der Waals surface area contributed by atoms with Gasteiger partial charge in [-0.25, -0.2) is 9.78 Å². The van der Waals surface area contributed by atoms with Crippen molar-refractivity contribution in [3.8, 4) is 0 Å². The van der Waals surface area contributed by atoms with Crippen molar-refractivity contribution in [2.75, 3.05) is 5.32 Å². The third-order valence-corrected chi connectivity index (χ3v) is 3.90. The van der Waals surface area contributed by atoms with Crippen molar-refractivity contribution < 1.29 is 27.9 Å². The van der Waals surface area contributed by atoms with Gasteiger partial charge in [-0.1, -0.05) is 23.4 Å². The number of nitrogens with zero attached hydrogens (tertiary/aromatic N) is 1. The van der Waals surface area contributed by atoms with Crippen LogP contribution in [0.25, 0.3) is 0 Å². The molecule has 0 fully saturated rings. The molecule has 1 heterocycles. The number of carboxylic acids is 1. The predicted molar refractivity (Wildman–Crippen MR) is 81.5 cm³/mol. The maximum absolute atomic E-state index is 12.4. The number of carbonyl (C=O) groups is 2. The van der Waals surface area contributed by atoms with Gasteiger partial charge in [-0.05, 0) is 30.3 Å². The summed E-state index contributed by atoms with van der Waals surface area (Å²) in [5.74, 6) is -3.53. The number of amides is 1. The Morgan fingerprint density at radius 1 is 1.21 bits per heavy atom. The van der Waals surface area contributed by atoms with E-state index in [-0.39, 0.29) is 16.1 Å². The van der Waals surface area contributed by atoms with E-state index in [2.05, 4.69) is 4.98 Å². The van der Waals surface area contributed by atoms with Crippen LogP contribution in [-0.2, 0) is 4.79 Å². The van der Waals surface area contributed by atoms with Gasteiger partial charge in [-0.3, -0.25) is 4.79 Å². The van der Waals surface area contributed by atoms with Crippen LogP contribution in [0, 0.1) is 0 Å². The maximum Gasteiger partial charge on any atom is 0.471 e. The fourth-order valence-corrected chi connectivity index (χ4v) is 2.51. The first-order valence-electron chi connectivity index (χ1n) is 6.22. The number of carboxylic acid groups (broad SMARTS) is 1. The van der Waals surface area contributed by atoms with Crippen molar-refractivity contribution in [2.24, 2.45) is 0 Å². The summed E-state index contributed by atoms with van der Waals surface area (Å²) in [7, 11) is 0. The molecule has 2 aromatic rings. The van der Waals surface area contributed by atoms with E-state index >= 15 is 0 Å². The highest BCUT2D eigenvalue weighted by Gasteiger charge is 2.39. The van der Waals surface area contributed by atoms with E-state index in [1.807, 2.05) is 0 Å². The Bertz CT molecular complexity index is 782. The predicted octanol–water partition coefficient (Wildman–Crippen LogP) is 4.09. The minimum absolute atomic E-state index is 0.201. The van der Waals surface area contributed by atoms with Gasteiger partial charge in [0.15, 0.2) is 0 Å². The van der Waals surface area contributed by atoms with Crippen LogP contribution in [0.5, 0.6) is 0 Å². The summed E-state index contributed by atoms with van der Waals surface area (Å²) in [5, 5.41) is 11.4. The van der Waals surface area contributed by atoms with Crippen LogP contribution in [0.4, 0.5) is 18.9 Å². The number of hydrogen-bond acceptors (Lipinski definition) is 4. The summed E-state index contributed by atoms with van der Waals surface area (Å²) in [4.78, 5) is 26.3. The highest BCUT2D eigenvalue weighted by Crippen LogP contribution is 2.34. The SMILES string of the molecule is O=C(O)c1ccc(Sc2ccc(Cl)cn2)c(NC(=O)C(F)(F)F)c1. The van der Waals surface area contributed by atoms with Gasteiger partial charge >= 0.3 is 18.1 Å². The number of alkyl halides is 3. The lowest BCUT2D eigenvalue weighted by atomic mass is 10.2. The van der Waals surface area contributed by atoms with Crippen LogP contribution in [-0.4, -0.2) is 28.1 Å². The Morgan fingerprint density at radius 3 is 2.46 bits per heavy atom. The monoisotopic (exact) mass is 376 g/mol. The lowest BCUT2D eigenvalue weighted by Crippen LogP contribution is -2.30. The molecule has 2 N–H and O–H groups in total. The number of nitrogens with one attached hydrogen (secondary N) is 1. The molecule has 0 spiro atoms. The van der Waals surface area contributed by atoms with Gasteiger partial charge in [0.1, 0.15) is 5.03 Å². The smallest absolute Gasteiger partial charge is 0.471 e. The number of anilines is 1. The van der Waals surface area contributed by atoms with Crippen LogP contribution in [0.3, 0.4) is 0 Å². The van der Waals surface area contributed by atoms with E-state index in [4.69, 9.17) is 16.7 Å². The molecule has 10 heteroatoms. The maximum atomic E-state index is 12.4. The Morgan fingerprint density at radius 2 is 1.92 bits per heavy atom. The van der Waals surface area contributed by atoms with E-state index in [9.17, 15) is 22.8 Å². The molecule has 1 amide bonds. The summed E-state index contributed by atoms with van der Waals surface area (Å²) in [6.45, 7) is 0. The Balaban J connectivity index is 2.36. The molecule has 0 aliphatic heterocycles. The second-order valence-electron chi connectivity index (χ2n) is 4.38. The molecule has 0 bridgehead atoms. The number of hydrogen-bond donors (Lipinski definition) is 2. The van der Waals surface area contributed by atoms with Crippen LogP contribution in [0.1, 0.15) is 10.4 Å². The third kappa shape index (κ3) is 4.62. The second kappa shape index (κ2) is 7.10. The average Bonchev–Trinajstić information content (AvgIpc) is 2.50. The lowest BCUT2D eigenvalue weighted by molar-refractivity contribution is -0.167. The van der Waals surface area contributed by atoms with Gasteiger partial charge in [0, 0.05) is 11.1 Å². The fraction of sp³-hybridized carbons (Fsp3) is 0.0714. The van der Waals surface area contributed by atoms with Crippen LogP contribution >= 0.6 is 23.4 Å². The summed E-state index contributed by atoms with van der Waals surface area (Å²) in [6, 6.07) is 6.52. The van der Waals surface area contributed by atoms with Gasteiger partial charge in [-0.15, -0.1) is 0 Å². The van der Waals surface area contributed by atoms with Gasteiger partial charge in [0.2, 0.25) is 0 Å². The average molecular weight is 377 g/mol. The largest absolute Gasteiger partial charge is 0.478 e. The molecule has 0 saturated heterocycles. The Labute approximate surface area is 142 Å². The normalized spacial score (nSPS) is 11.2. The van der Waals surface area contributed by atoms with Crippen molar-refractivity contribution in [1.82, 2.24) is 4.98 Å². The van der Waals surface area contributed by atoms with Gasteiger partial charge < -0.3 is 10.4 Å². The molecule has 0 radical (unpaired) electrons. The molecule has 126 valence electrons. The fourth-order valence-electron chi connectivity index (χ4n) is 1.58. The molecule has 1 aromatic heterocycles. The number of pyridine rings is 1. The second-order valence-corrected chi connectivity index (χ2v) is 5.88. The summed E-state index contributed by atoms with van der Waals surface area (Å²) in [6.07, 6.45) is -3.75.